The third kappa shape index (κ3) is 8.04. The van der Waals surface area contributed by atoms with Gasteiger partial charge in [0.2, 0.25) is 0 Å². The number of halogens is 6. The molecule has 0 saturated heterocycles. The lowest BCUT2D eigenvalue weighted by molar-refractivity contribution is -0.138. The van der Waals surface area contributed by atoms with Gasteiger partial charge in [0.25, 0.3) is 0 Å². The summed E-state index contributed by atoms with van der Waals surface area (Å²) in [4.78, 5) is 0. The lowest BCUT2D eigenvalue weighted by atomic mass is 10.2. The predicted octanol–water partition coefficient (Wildman–Crippen LogP) is 5.04. The number of hydrogen-bond donors (Lipinski definition) is 2. The Bertz CT molecular complexity index is 719. The minimum absolute atomic E-state index is 0.0852. The Morgan fingerprint density at radius 3 is 1.59 bits per heavy atom. The summed E-state index contributed by atoms with van der Waals surface area (Å²) in [6.45, 7) is 3.37. The SMILES string of the molecule is C=C(CO)COc1ccc(C(F)(F)F)cc1.Oc1ccc(C(F)(F)F)cc1. The van der Waals surface area contributed by atoms with Crippen molar-refractivity contribution in [3.05, 3.63) is 71.8 Å². The Hall–Kier alpha value is -2.68. The number of aromatic hydroxyl groups is 1. The molecule has 2 aromatic carbocycles. The Kier molecular flexibility index (Phi) is 7.71. The van der Waals surface area contributed by atoms with Crippen LogP contribution in [0.4, 0.5) is 26.3 Å². The molecule has 0 heterocycles. The molecule has 2 N–H and O–H groups in total. The second-order valence-corrected chi connectivity index (χ2v) is 5.26. The van der Waals surface area contributed by atoms with Crippen molar-refractivity contribution in [2.75, 3.05) is 13.2 Å². The normalized spacial score (nSPS) is 11.4. The van der Waals surface area contributed by atoms with Crippen LogP contribution >= 0.6 is 0 Å². The summed E-state index contributed by atoms with van der Waals surface area (Å²) in [5.41, 5.74) is -1.02. The standard InChI is InChI=1S/C11H11F3O2.C7H5F3O/c1-8(6-15)7-16-10-4-2-9(3-5-10)11(12,13)14;8-7(9,10)5-1-3-6(11)4-2-5/h2-5,15H,1,6-7H2;1-4,11H. The predicted molar refractivity (Wildman–Crippen MR) is 86.3 cm³/mol. The minimum Gasteiger partial charge on any atom is -0.508 e. The van der Waals surface area contributed by atoms with Crippen LogP contribution in [-0.4, -0.2) is 23.4 Å². The highest BCUT2D eigenvalue weighted by Gasteiger charge is 2.30. The van der Waals surface area contributed by atoms with Crippen LogP contribution in [0.2, 0.25) is 0 Å². The van der Waals surface area contributed by atoms with E-state index in [-0.39, 0.29) is 19.0 Å². The molecule has 0 radical (unpaired) electrons. The number of benzene rings is 2. The van der Waals surface area contributed by atoms with E-state index in [0.717, 1.165) is 36.4 Å². The Morgan fingerprint density at radius 2 is 1.22 bits per heavy atom. The summed E-state index contributed by atoms with van der Waals surface area (Å²) in [6, 6.07) is 8.01. The molecule has 0 aliphatic heterocycles. The van der Waals surface area contributed by atoms with Gasteiger partial charge in [-0.3, -0.25) is 0 Å². The number of phenols is 1. The third-order valence-electron chi connectivity index (χ3n) is 3.04. The van der Waals surface area contributed by atoms with Crippen molar-refractivity contribution in [2.24, 2.45) is 0 Å². The van der Waals surface area contributed by atoms with E-state index < -0.39 is 23.5 Å². The van der Waals surface area contributed by atoms with Crippen LogP contribution in [-0.2, 0) is 12.4 Å². The highest BCUT2D eigenvalue weighted by Crippen LogP contribution is 2.30. The smallest absolute Gasteiger partial charge is 0.416 e. The van der Waals surface area contributed by atoms with Crippen molar-refractivity contribution in [3.8, 4) is 11.5 Å². The maximum Gasteiger partial charge on any atom is 0.416 e. The first kappa shape index (κ1) is 22.4. The maximum absolute atomic E-state index is 12.2. The largest absolute Gasteiger partial charge is 0.508 e. The fourth-order valence-corrected chi connectivity index (χ4v) is 1.62. The van der Waals surface area contributed by atoms with Gasteiger partial charge in [-0.05, 0) is 54.1 Å². The van der Waals surface area contributed by atoms with E-state index in [1.54, 1.807) is 0 Å². The molecule has 148 valence electrons. The van der Waals surface area contributed by atoms with Gasteiger partial charge in [0.05, 0.1) is 17.7 Å². The molecule has 2 aromatic rings. The zero-order valence-electron chi connectivity index (χ0n) is 13.8. The van der Waals surface area contributed by atoms with Gasteiger partial charge in [-0.15, -0.1) is 0 Å². The molecule has 3 nitrogen and oxygen atoms in total. The number of rotatable bonds is 4. The summed E-state index contributed by atoms with van der Waals surface area (Å²) in [6.07, 6.45) is -8.67. The van der Waals surface area contributed by atoms with Crippen molar-refractivity contribution in [1.29, 1.82) is 0 Å². The molecule has 0 aliphatic rings. The molecule has 0 saturated carbocycles. The quantitative estimate of drug-likeness (QED) is 0.564. The summed E-state index contributed by atoms with van der Waals surface area (Å²) in [5, 5.41) is 17.3. The lowest BCUT2D eigenvalue weighted by Crippen LogP contribution is -2.06. The van der Waals surface area contributed by atoms with Crippen LogP contribution in [0.25, 0.3) is 0 Å². The highest BCUT2D eigenvalue weighted by molar-refractivity contribution is 5.29. The van der Waals surface area contributed by atoms with E-state index in [9.17, 15) is 26.3 Å². The highest BCUT2D eigenvalue weighted by atomic mass is 19.4. The van der Waals surface area contributed by atoms with Crippen molar-refractivity contribution >= 4 is 0 Å². The van der Waals surface area contributed by atoms with Gasteiger partial charge < -0.3 is 14.9 Å². The summed E-state index contributed by atoms with van der Waals surface area (Å²) in [5.74, 6) is 0.139. The molecule has 0 aromatic heterocycles. The molecule has 27 heavy (non-hydrogen) atoms. The topological polar surface area (TPSA) is 49.7 Å². The van der Waals surface area contributed by atoms with Gasteiger partial charge in [0, 0.05) is 0 Å². The van der Waals surface area contributed by atoms with E-state index >= 15 is 0 Å². The minimum atomic E-state index is -4.34. The number of ether oxygens (including phenoxy) is 1. The average molecular weight is 394 g/mol. The molecule has 0 aliphatic carbocycles. The Balaban J connectivity index is 0.000000289. The zero-order chi connectivity index (χ0) is 20.7. The van der Waals surface area contributed by atoms with Gasteiger partial charge in [0.15, 0.2) is 0 Å². The number of aliphatic hydroxyl groups is 1. The summed E-state index contributed by atoms with van der Waals surface area (Å²) >= 11 is 0. The van der Waals surface area contributed by atoms with Crippen LogP contribution < -0.4 is 4.74 Å². The maximum atomic E-state index is 12.2. The van der Waals surface area contributed by atoms with Crippen molar-refractivity contribution in [3.63, 3.8) is 0 Å². The number of alkyl halides is 6. The molecule has 0 spiro atoms. The van der Waals surface area contributed by atoms with Gasteiger partial charge in [0.1, 0.15) is 18.1 Å². The van der Waals surface area contributed by atoms with Crippen molar-refractivity contribution in [1.82, 2.24) is 0 Å². The Labute approximate surface area is 151 Å². The van der Waals surface area contributed by atoms with Crippen LogP contribution in [0.1, 0.15) is 11.1 Å². The Morgan fingerprint density at radius 1 is 0.815 bits per heavy atom. The van der Waals surface area contributed by atoms with E-state index in [1.165, 1.54) is 12.1 Å². The first-order valence-corrected chi connectivity index (χ1v) is 7.37. The third-order valence-corrected chi connectivity index (χ3v) is 3.04. The van der Waals surface area contributed by atoms with E-state index in [0.29, 0.717) is 11.3 Å². The number of hydrogen-bond acceptors (Lipinski definition) is 3. The van der Waals surface area contributed by atoms with Gasteiger partial charge in [-0.25, -0.2) is 0 Å². The van der Waals surface area contributed by atoms with Gasteiger partial charge in [-0.1, -0.05) is 6.58 Å². The fourth-order valence-electron chi connectivity index (χ4n) is 1.62. The molecule has 0 fully saturated rings. The van der Waals surface area contributed by atoms with Crippen molar-refractivity contribution in [2.45, 2.75) is 12.4 Å². The number of phenolic OH excluding ortho intramolecular Hbond substituents is 1. The number of aliphatic hydroxyl groups excluding tert-OH is 1. The van der Waals surface area contributed by atoms with Crippen LogP contribution in [0.5, 0.6) is 11.5 Å². The van der Waals surface area contributed by atoms with E-state index in [4.69, 9.17) is 14.9 Å². The van der Waals surface area contributed by atoms with Crippen molar-refractivity contribution < 1.29 is 41.3 Å². The van der Waals surface area contributed by atoms with Crippen LogP contribution in [0.15, 0.2) is 60.7 Å². The van der Waals surface area contributed by atoms with Gasteiger partial charge >= 0.3 is 12.4 Å². The molecule has 2 rings (SSSR count). The second-order valence-electron chi connectivity index (χ2n) is 5.26. The summed E-state index contributed by atoms with van der Waals surface area (Å²) < 4.78 is 77.2. The first-order valence-electron chi connectivity index (χ1n) is 7.37. The zero-order valence-corrected chi connectivity index (χ0v) is 13.8. The molecule has 0 amide bonds. The van der Waals surface area contributed by atoms with Crippen LogP contribution in [0.3, 0.4) is 0 Å². The monoisotopic (exact) mass is 394 g/mol. The van der Waals surface area contributed by atoms with Gasteiger partial charge in [-0.2, -0.15) is 26.3 Å². The molecular weight excluding hydrogens is 378 g/mol. The van der Waals surface area contributed by atoms with Crippen LogP contribution in [0, 0.1) is 0 Å². The molecule has 0 atom stereocenters. The van der Waals surface area contributed by atoms with E-state index in [1.807, 2.05) is 0 Å². The first-order chi connectivity index (χ1) is 12.4. The fraction of sp³-hybridized carbons (Fsp3) is 0.222. The lowest BCUT2D eigenvalue weighted by Gasteiger charge is -2.09. The van der Waals surface area contributed by atoms with E-state index in [2.05, 4.69) is 6.58 Å². The second kappa shape index (κ2) is 9.31. The molecule has 0 bridgehead atoms. The molecular formula is C18H16F6O3. The molecule has 0 unspecified atom stereocenters. The average Bonchev–Trinajstić information content (AvgIpc) is 2.59. The molecule has 9 heteroatoms. The summed E-state index contributed by atoms with van der Waals surface area (Å²) in [7, 11) is 0.